The first kappa shape index (κ1) is 15.4. The average Bonchev–Trinajstić information content (AvgIpc) is 2.29. The average molecular weight is 313 g/mol. The van der Waals surface area contributed by atoms with E-state index in [0.29, 0.717) is 12.0 Å². The molecule has 2 nitrogen and oxygen atoms in total. The molecule has 0 radical (unpaired) electrons. The van der Waals surface area contributed by atoms with Crippen LogP contribution in [0.2, 0.25) is 0 Å². The largest absolute Gasteiger partial charge is 0.397 e. The Labute approximate surface area is 120 Å². The summed E-state index contributed by atoms with van der Waals surface area (Å²) >= 11 is 3.47. The molecule has 0 atom stereocenters. The van der Waals surface area contributed by atoms with E-state index in [1.807, 2.05) is 6.07 Å². The van der Waals surface area contributed by atoms with Gasteiger partial charge in [0.15, 0.2) is 0 Å². The molecule has 0 bridgehead atoms. The molecular weight excluding hydrogens is 288 g/mol. The number of nitrogens with zero attached hydrogens (tertiary/aromatic N) is 1. The van der Waals surface area contributed by atoms with Crippen molar-refractivity contribution in [1.29, 1.82) is 0 Å². The quantitative estimate of drug-likeness (QED) is 0.773. The van der Waals surface area contributed by atoms with E-state index < -0.39 is 0 Å². The first-order valence-electron chi connectivity index (χ1n) is 6.81. The molecule has 0 saturated carbocycles. The molecule has 2 N–H and O–H groups in total. The van der Waals surface area contributed by atoms with Crippen LogP contribution in [0.5, 0.6) is 0 Å². The van der Waals surface area contributed by atoms with Gasteiger partial charge in [0, 0.05) is 17.1 Å². The van der Waals surface area contributed by atoms with Gasteiger partial charge in [-0.3, -0.25) is 0 Å². The van der Waals surface area contributed by atoms with Crippen molar-refractivity contribution in [3.63, 3.8) is 0 Å². The highest BCUT2D eigenvalue weighted by atomic mass is 79.9. The predicted octanol–water partition coefficient (Wildman–Crippen LogP) is 4.68. The number of nitrogen functional groups attached to an aromatic ring is 1. The van der Waals surface area contributed by atoms with Crippen LogP contribution in [0.3, 0.4) is 0 Å². The summed E-state index contributed by atoms with van der Waals surface area (Å²) in [6, 6.07) is 6.75. The smallest absolute Gasteiger partial charge is 0.0603 e. The summed E-state index contributed by atoms with van der Waals surface area (Å²) in [5, 5.41) is 0. The highest BCUT2D eigenvalue weighted by molar-refractivity contribution is 9.10. The van der Waals surface area contributed by atoms with E-state index in [9.17, 15) is 0 Å². The molecule has 3 heteroatoms. The molecule has 0 amide bonds. The fraction of sp³-hybridized carbons (Fsp3) is 0.600. The van der Waals surface area contributed by atoms with Gasteiger partial charge >= 0.3 is 0 Å². The van der Waals surface area contributed by atoms with E-state index in [4.69, 9.17) is 5.73 Å². The molecule has 0 aliphatic heterocycles. The SMILES string of the molecule is CCC(CC)N(CC(C)C)c1ccc(Br)cc1N. The fourth-order valence-electron chi connectivity index (χ4n) is 2.35. The fourth-order valence-corrected chi connectivity index (χ4v) is 2.73. The van der Waals surface area contributed by atoms with Gasteiger partial charge in [-0.2, -0.15) is 0 Å². The normalized spacial score (nSPS) is 11.3. The van der Waals surface area contributed by atoms with Gasteiger partial charge in [-0.05, 0) is 37.0 Å². The summed E-state index contributed by atoms with van der Waals surface area (Å²) in [5.41, 5.74) is 8.20. The zero-order chi connectivity index (χ0) is 13.7. The third-order valence-electron chi connectivity index (χ3n) is 3.24. The predicted molar refractivity (Wildman–Crippen MR) is 85.1 cm³/mol. The second kappa shape index (κ2) is 7.03. The molecular formula is C15H25BrN2. The number of rotatable bonds is 6. The maximum absolute atomic E-state index is 6.17. The van der Waals surface area contributed by atoms with Crippen LogP contribution in [0.25, 0.3) is 0 Å². The van der Waals surface area contributed by atoms with Crippen LogP contribution < -0.4 is 10.6 Å². The molecule has 1 rings (SSSR count). The summed E-state index contributed by atoms with van der Waals surface area (Å²) in [6.45, 7) is 10.1. The van der Waals surface area contributed by atoms with Crippen molar-refractivity contribution in [3.05, 3.63) is 22.7 Å². The molecule has 102 valence electrons. The Hall–Kier alpha value is -0.700. The van der Waals surface area contributed by atoms with Crippen molar-refractivity contribution in [2.45, 2.75) is 46.6 Å². The Balaban J connectivity index is 3.08. The number of benzene rings is 1. The van der Waals surface area contributed by atoms with Crippen LogP contribution in [-0.2, 0) is 0 Å². The highest BCUT2D eigenvalue weighted by Gasteiger charge is 2.18. The minimum absolute atomic E-state index is 0.566. The van der Waals surface area contributed by atoms with Gasteiger partial charge in [-0.15, -0.1) is 0 Å². The molecule has 0 aliphatic carbocycles. The summed E-state index contributed by atoms with van der Waals surface area (Å²) < 4.78 is 1.04. The van der Waals surface area contributed by atoms with Crippen LogP contribution in [0, 0.1) is 5.92 Å². The lowest BCUT2D eigenvalue weighted by atomic mass is 10.1. The van der Waals surface area contributed by atoms with Gasteiger partial charge in [0.1, 0.15) is 0 Å². The van der Waals surface area contributed by atoms with Gasteiger partial charge in [0.2, 0.25) is 0 Å². The topological polar surface area (TPSA) is 29.3 Å². The summed E-state index contributed by atoms with van der Waals surface area (Å²) in [4.78, 5) is 2.46. The van der Waals surface area contributed by atoms with Crippen molar-refractivity contribution < 1.29 is 0 Å². The molecule has 1 aromatic carbocycles. The zero-order valence-electron chi connectivity index (χ0n) is 11.9. The second-order valence-corrected chi connectivity index (χ2v) is 6.14. The number of halogens is 1. The Morgan fingerprint density at radius 1 is 1.22 bits per heavy atom. The van der Waals surface area contributed by atoms with E-state index in [1.54, 1.807) is 0 Å². The monoisotopic (exact) mass is 312 g/mol. The number of hydrogen-bond donors (Lipinski definition) is 1. The van der Waals surface area contributed by atoms with Crippen molar-refractivity contribution in [1.82, 2.24) is 0 Å². The van der Waals surface area contributed by atoms with E-state index in [0.717, 1.165) is 29.5 Å². The highest BCUT2D eigenvalue weighted by Crippen LogP contribution is 2.30. The lowest BCUT2D eigenvalue weighted by molar-refractivity contribution is 0.508. The number of anilines is 2. The molecule has 0 unspecified atom stereocenters. The van der Waals surface area contributed by atoms with Crippen LogP contribution in [0.1, 0.15) is 40.5 Å². The van der Waals surface area contributed by atoms with Crippen molar-refractivity contribution in [3.8, 4) is 0 Å². The Bertz CT molecular complexity index is 373. The van der Waals surface area contributed by atoms with Crippen molar-refractivity contribution >= 4 is 27.3 Å². The molecule has 1 aromatic rings. The maximum atomic E-state index is 6.17. The van der Waals surface area contributed by atoms with Crippen LogP contribution >= 0.6 is 15.9 Å². The van der Waals surface area contributed by atoms with Gasteiger partial charge in [0.25, 0.3) is 0 Å². The minimum atomic E-state index is 0.566. The lowest BCUT2D eigenvalue weighted by Gasteiger charge is -2.35. The van der Waals surface area contributed by atoms with Crippen molar-refractivity contribution in [2.75, 3.05) is 17.2 Å². The molecule has 0 aromatic heterocycles. The maximum Gasteiger partial charge on any atom is 0.0603 e. The van der Waals surface area contributed by atoms with Gasteiger partial charge in [-0.25, -0.2) is 0 Å². The molecule has 0 saturated heterocycles. The van der Waals surface area contributed by atoms with Crippen molar-refractivity contribution in [2.24, 2.45) is 5.92 Å². The summed E-state index contributed by atoms with van der Waals surface area (Å²) in [6.07, 6.45) is 2.30. The third kappa shape index (κ3) is 3.91. The van der Waals surface area contributed by atoms with Gasteiger partial charge in [0.05, 0.1) is 11.4 Å². The second-order valence-electron chi connectivity index (χ2n) is 5.22. The Kier molecular flexibility index (Phi) is 6.00. The van der Waals surface area contributed by atoms with Crippen LogP contribution in [0.15, 0.2) is 22.7 Å². The van der Waals surface area contributed by atoms with Crippen LogP contribution in [-0.4, -0.2) is 12.6 Å². The van der Waals surface area contributed by atoms with E-state index in [1.165, 1.54) is 5.69 Å². The van der Waals surface area contributed by atoms with Gasteiger partial charge < -0.3 is 10.6 Å². The molecule has 0 heterocycles. The first-order valence-corrected chi connectivity index (χ1v) is 7.60. The van der Waals surface area contributed by atoms with E-state index in [-0.39, 0.29) is 0 Å². The molecule has 0 aliphatic rings. The summed E-state index contributed by atoms with van der Waals surface area (Å²) in [5.74, 6) is 0.633. The lowest BCUT2D eigenvalue weighted by Crippen LogP contribution is -2.37. The zero-order valence-corrected chi connectivity index (χ0v) is 13.5. The third-order valence-corrected chi connectivity index (χ3v) is 3.74. The van der Waals surface area contributed by atoms with Crippen LogP contribution in [0.4, 0.5) is 11.4 Å². The van der Waals surface area contributed by atoms with Gasteiger partial charge in [-0.1, -0.05) is 43.6 Å². The Morgan fingerprint density at radius 2 is 1.83 bits per heavy atom. The molecule has 0 fully saturated rings. The number of nitrogens with two attached hydrogens (primary N) is 1. The summed E-state index contributed by atoms with van der Waals surface area (Å²) in [7, 11) is 0. The first-order chi connectivity index (χ1) is 8.49. The Morgan fingerprint density at radius 3 is 2.28 bits per heavy atom. The van der Waals surface area contributed by atoms with E-state index in [2.05, 4.69) is 60.7 Å². The molecule has 18 heavy (non-hydrogen) atoms. The number of hydrogen-bond acceptors (Lipinski definition) is 2. The minimum Gasteiger partial charge on any atom is -0.397 e. The molecule has 0 spiro atoms. The standard InChI is InChI=1S/C15H25BrN2/c1-5-13(6-2)18(10-11(3)4)15-8-7-12(16)9-14(15)17/h7-9,11,13H,5-6,10,17H2,1-4H3. The van der Waals surface area contributed by atoms with E-state index >= 15 is 0 Å².